The molecule has 0 saturated carbocycles. The van der Waals surface area contributed by atoms with Gasteiger partial charge >= 0.3 is 0 Å². The van der Waals surface area contributed by atoms with E-state index in [2.05, 4.69) is 20.5 Å². The van der Waals surface area contributed by atoms with Crippen molar-refractivity contribution in [1.82, 2.24) is 24.5 Å². The zero-order valence-electron chi connectivity index (χ0n) is 12.4. The van der Waals surface area contributed by atoms with Gasteiger partial charge in [-0.05, 0) is 19.1 Å². The van der Waals surface area contributed by atoms with Gasteiger partial charge in [0.2, 0.25) is 0 Å². The van der Waals surface area contributed by atoms with E-state index in [-0.39, 0.29) is 11.3 Å². The molecule has 0 bridgehead atoms. The lowest BCUT2D eigenvalue weighted by molar-refractivity contribution is 0.102. The second kappa shape index (κ2) is 5.06. The van der Waals surface area contributed by atoms with Crippen molar-refractivity contribution in [3.63, 3.8) is 0 Å². The summed E-state index contributed by atoms with van der Waals surface area (Å²) in [5.74, 6) is -0.404. The number of fused-ring (bicyclic) bond motifs is 1. The van der Waals surface area contributed by atoms with Crippen LogP contribution in [0.15, 0.2) is 29.2 Å². The van der Waals surface area contributed by atoms with Gasteiger partial charge in [-0.25, -0.2) is 9.67 Å². The van der Waals surface area contributed by atoms with Gasteiger partial charge in [0.25, 0.3) is 11.5 Å². The van der Waals surface area contributed by atoms with Gasteiger partial charge in [0.15, 0.2) is 5.65 Å². The Balaban J connectivity index is 1.92. The predicted octanol–water partition coefficient (Wildman–Crippen LogP) is 0.623. The summed E-state index contributed by atoms with van der Waals surface area (Å²) in [7, 11) is 3.31. The third-order valence-corrected chi connectivity index (χ3v) is 3.31. The average molecular weight is 298 g/mol. The van der Waals surface area contributed by atoms with E-state index in [4.69, 9.17) is 0 Å². The Bertz CT molecular complexity index is 940. The van der Waals surface area contributed by atoms with Crippen LogP contribution in [0.3, 0.4) is 0 Å². The fourth-order valence-corrected chi connectivity index (χ4v) is 2.19. The summed E-state index contributed by atoms with van der Waals surface area (Å²) in [6, 6.07) is 4.50. The first-order chi connectivity index (χ1) is 10.5. The molecule has 0 aliphatic heterocycles. The highest BCUT2D eigenvalue weighted by Crippen LogP contribution is 2.19. The minimum absolute atomic E-state index is 0.158. The van der Waals surface area contributed by atoms with Crippen LogP contribution < -0.4 is 10.9 Å². The standard InChI is InChI=1S/C14H14N6O2/c1-8-10-6-9(7-15-13(10)20(3)17-8)16-14(22)11-4-5-12(21)19(2)18-11/h4-7H,1-3H3,(H,16,22). The number of hydrogen-bond donors (Lipinski definition) is 1. The minimum atomic E-state index is -0.404. The molecule has 0 radical (unpaired) electrons. The van der Waals surface area contributed by atoms with Gasteiger partial charge in [-0.15, -0.1) is 0 Å². The Morgan fingerprint density at radius 2 is 1.95 bits per heavy atom. The van der Waals surface area contributed by atoms with E-state index in [0.717, 1.165) is 21.4 Å². The molecule has 0 aliphatic carbocycles. The molecule has 0 aromatic carbocycles. The molecule has 0 saturated heterocycles. The van der Waals surface area contributed by atoms with E-state index in [9.17, 15) is 9.59 Å². The highest BCUT2D eigenvalue weighted by atomic mass is 16.2. The maximum absolute atomic E-state index is 12.2. The molecule has 22 heavy (non-hydrogen) atoms. The van der Waals surface area contributed by atoms with Crippen LogP contribution in [0.2, 0.25) is 0 Å². The monoisotopic (exact) mass is 298 g/mol. The van der Waals surface area contributed by atoms with E-state index < -0.39 is 5.91 Å². The SMILES string of the molecule is Cc1nn(C)c2ncc(NC(=O)c3ccc(=O)n(C)n3)cc12. The van der Waals surface area contributed by atoms with E-state index in [1.807, 2.05) is 20.0 Å². The Kier molecular flexibility index (Phi) is 3.21. The van der Waals surface area contributed by atoms with Crippen LogP contribution in [-0.4, -0.2) is 30.5 Å². The van der Waals surface area contributed by atoms with Crippen LogP contribution in [-0.2, 0) is 14.1 Å². The van der Waals surface area contributed by atoms with Crippen LogP contribution in [0, 0.1) is 6.92 Å². The highest BCUT2D eigenvalue weighted by molar-refractivity contribution is 6.03. The highest BCUT2D eigenvalue weighted by Gasteiger charge is 2.12. The lowest BCUT2D eigenvalue weighted by Gasteiger charge is -2.05. The Morgan fingerprint density at radius 3 is 2.68 bits per heavy atom. The molecule has 0 fully saturated rings. The number of carbonyl (C=O) groups is 1. The molecule has 0 atom stereocenters. The average Bonchev–Trinajstić information content (AvgIpc) is 2.76. The second-order valence-corrected chi connectivity index (χ2v) is 4.94. The Hall–Kier alpha value is -3.03. The number of amides is 1. The molecule has 112 valence electrons. The number of carbonyl (C=O) groups excluding carboxylic acids is 1. The summed E-state index contributed by atoms with van der Waals surface area (Å²) < 4.78 is 2.80. The normalized spacial score (nSPS) is 10.9. The molecule has 3 aromatic rings. The lowest BCUT2D eigenvalue weighted by atomic mass is 10.2. The molecule has 0 unspecified atom stereocenters. The summed E-state index contributed by atoms with van der Waals surface area (Å²) >= 11 is 0. The second-order valence-electron chi connectivity index (χ2n) is 4.94. The molecular formula is C14H14N6O2. The van der Waals surface area contributed by atoms with E-state index in [0.29, 0.717) is 5.69 Å². The third-order valence-electron chi connectivity index (χ3n) is 3.31. The molecule has 3 heterocycles. The number of rotatable bonds is 2. The lowest BCUT2D eigenvalue weighted by Crippen LogP contribution is -2.23. The van der Waals surface area contributed by atoms with Crippen LogP contribution in [0.5, 0.6) is 0 Å². The van der Waals surface area contributed by atoms with Crippen molar-refractivity contribution in [2.24, 2.45) is 14.1 Å². The first-order valence-corrected chi connectivity index (χ1v) is 6.61. The number of nitrogens with zero attached hydrogens (tertiary/aromatic N) is 5. The number of hydrogen-bond acceptors (Lipinski definition) is 5. The van der Waals surface area contributed by atoms with Gasteiger partial charge < -0.3 is 5.32 Å². The minimum Gasteiger partial charge on any atom is -0.319 e. The summed E-state index contributed by atoms with van der Waals surface area (Å²) in [6.07, 6.45) is 1.56. The first kappa shape index (κ1) is 13.9. The summed E-state index contributed by atoms with van der Waals surface area (Å²) in [5, 5.41) is 11.8. The van der Waals surface area contributed by atoms with Crippen LogP contribution in [0.4, 0.5) is 5.69 Å². The topological polar surface area (TPSA) is 94.7 Å². The van der Waals surface area contributed by atoms with Crippen molar-refractivity contribution < 1.29 is 4.79 Å². The zero-order valence-corrected chi connectivity index (χ0v) is 12.4. The number of aryl methyl sites for hydroxylation is 3. The van der Waals surface area contributed by atoms with Crippen LogP contribution in [0.25, 0.3) is 11.0 Å². The van der Waals surface area contributed by atoms with Gasteiger partial charge in [-0.2, -0.15) is 10.2 Å². The third kappa shape index (κ3) is 2.34. The number of nitrogens with one attached hydrogen (secondary N) is 1. The molecule has 1 N–H and O–H groups in total. The quantitative estimate of drug-likeness (QED) is 0.748. The van der Waals surface area contributed by atoms with Gasteiger partial charge in [0.05, 0.1) is 17.6 Å². The predicted molar refractivity (Wildman–Crippen MR) is 80.7 cm³/mol. The van der Waals surface area contributed by atoms with Gasteiger partial charge in [-0.3, -0.25) is 14.3 Å². The van der Waals surface area contributed by atoms with Crippen molar-refractivity contribution in [1.29, 1.82) is 0 Å². The number of aromatic nitrogens is 5. The molecule has 8 heteroatoms. The van der Waals surface area contributed by atoms with E-state index >= 15 is 0 Å². The van der Waals surface area contributed by atoms with Gasteiger partial charge in [0.1, 0.15) is 5.69 Å². The van der Waals surface area contributed by atoms with Gasteiger partial charge in [-0.1, -0.05) is 0 Å². The molecule has 3 rings (SSSR count). The first-order valence-electron chi connectivity index (χ1n) is 6.61. The largest absolute Gasteiger partial charge is 0.319 e. The molecule has 3 aromatic heterocycles. The van der Waals surface area contributed by atoms with Crippen LogP contribution >= 0.6 is 0 Å². The zero-order chi connectivity index (χ0) is 15.9. The van der Waals surface area contributed by atoms with Crippen molar-refractivity contribution in [2.75, 3.05) is 5.32 Å². The summed E-state index contributed by atoms with van der Waals surface area (Å²) in [6.45, 7) is 1.88. The van der Waals surface area contributed by atoms with Crippen LogP contribution in [0.1, 0.15) is 16.2 Å². The molecule has 0 aliphatic rings. The molecule has 8 nitrogen and oxygen atoms in total. The Morgan fingerprint density at radius 1 is 1.18 bits per heavy atom. The maximum Gasteiger partial charge on any atom is 0.276 e. The van der Waals surface area contributed by atoms with Crippen molar-refractivity contribution >= 4 is 22.6 Å². The van der Waals surface area contributed by atoms with Gasteiger partial charge in [0, 0.05) is 25.5 Å². The van der Waals surface area contributed by atoms with Crippen molar-refractivity contribution in [3.8, 4) is 0 Å². The maximum atomic E-state index is 12.2. The smallest absolute Gasteiger partial charge is 0.276 e. The number of pyridine rings is 1. The molecule has 1 amide bonds. The fraction of sp³-hybridized carbons (Fsp3) is 0.214. The van der Waals surface area contributed by atoms with Crippen molar-refractivity contribution in [2.45, 2.75) is 6.92 Å². The van der Waals surface area contributed by atoms with E-state index in [1.165, 1.54) is 19.2 Å². The van der Waals surface area contributed by atoms with E-state index in [1.54, 1.807) is 10.9 Å². The Labute approximate surface area is 125 Å². The molecule has 0 spiro atoms. The number of anilines is 1. The molecular weight excluding hydrogens is 284 g/mol. The van der Waals surface area contributed by atoms with Crippen molar-refractivity contribution in [3.05, 3.63) is 46.1 Å². The summed E-state index contributed by atoms with van der Waals surface area (Å²) in [4.78, 5) is 27.7. The fourth-order valence-electron chi connectivity index (χ4n) is 2.19. The summed E-state index contributed by atoms with van der Waals surface area (Å²) in [5.41, 5.74) is 2.01.